The highest BCUT2D eigenvalue weighted by molar-refractivity contribution is 5.66. The number of rotatable bonds is 12. The van der Waals surface area contributed by atoms with Crippen LogP contribution in [-0.2, 0) is 48.3 Å². The first-order chi connectivity index (χ1) is 18.6. The molecule has 0 N–H and O–H groups in total. The molecule has 0 amide bonds. The van der Waals surface area contributed by atoms with E-state index >= 15 is 0 Å². The first-order valence-electron chi connectivity index (χ1n) is 12.8. The quantitative estimate of drug-likeness (QED) is 0.307. The summed E-state index contributed by atoms with van der Waals surface area (Å²) in [7, 11) is 0. The van der Waals surface area contributed by atoms with Crippen molar-refractivity contribution in [3.63, 3.8) is 0 Å². The molecule has 198 valence electrons. The lowest BCUT2D eigenvalue weighted by Gasteiger charge is -2.45. The molecule has 4 rings (SSSR count). The van der Waals surface area contributed by atoms with E-state index in [1.54, 1.807) is 0 Å². The average molecular weight is 516 g/mol. The minimum absolute atomic E-state index is 0.0696. The Morgan fingerprint density at radius 1 is 0.789 bits per heavy atom. The van der Waals surface area contributed by atoms with Crippen LogP contribution in [0.15, 0.2) is 91.0 Å². The second kappa shape index (κ2) is 14.4. The van der Waals surface area contributed by atoms with E-state index in [2.05, 4.69) is 6.07 Å². The predicted molar refractivity (Wildman–Crippen MR) is 140 cm³/mol. The summed E-state index contributed by atoms with van der Waals surface area (Å²) >= 11 is 0. The normalized spacial score (nSPS) is 22.9. The number of carbonyl (C=O) groups excluding carboxylic acids is 1. The zero-order valence-electron chi connectivity index (χ0n) is 21.5. The van der Waals surface area contributed by atoms with Crippen molar-refractivity contribution in [3.05, 3.63) is 108 Å². The van der Waals surface area contributed by atoms with Crippen LogP contribution in [0, 0.1) is 17.2 Å². The highest BCUT2D eigenvalue weighted by Gasteiger charge is 2.49. The van der Waals surface area contributed by atoms with E-state index in [-0.39, 0.29) is 13.0 Å². The number of nitrogens with zero attached hydrogens (tertiary/aromatic N) is 1. The number of ether oxygens (including phenoxy) is 5. The van der Waals surface area contributed by atoms with Gasteiger partial charge in [0.1, 0.15) is 12.2 Å². The molecule has 1 aliphatic rings. The Labute approximate surface area is 223 Å². The molecule has 38 heavy (non-hydrogen) atoms. The fourth-order valence-electron chi connectivity index (χ4n) is 4.51. The number of hydrogen-bond donors (Lipinski definition) is 0. The topological polar surface area (TPSA) is 87.0 Å². The predicted octanol–water partition coefficient (Wildman–Crippen LogP) is 5.19. The maximum Gasteiger partial charge on any atom is 0.304 e. The molecule has 0 bridgehead atoms. The summed E-state index contributed by atoms with van der Waals surface area (Å²) in [5.74, 6) is -1.04. The van der Waals surface area contributed by atoms with Gasteiger partial charge in [-0.05, 0) is 16.7 Å². The largest absolute Gasteiger partial charge is 0.435 e. The summed E-state index contributed by atoms with van der Waals surface area (Å²) in [6, 6.07) is 31.7. The molecule has 1 fully saturated rings. The second-order valence-corrected chi connectivity index (χ2v) is 9.20. The molecule has 7 heteroatoms. The van der Waals surface area contributed by atoms with Gasteiger partial charge in [-0.1, -0.05) is 91.0 Å². The third kappa shape index (κ3) is 7.98. The van der Waals surface area contributed by atoms with Crippen LogP contribution in [0.4, 0.5) is 0 Å². The van der Waals surface area contributed by atoms with Crippen LogP contribution in [0.3, 0.4) is 0 Å². The van der Waals surface area contributed by atoms with Gasteiger partial charge in [-0.3, -0.25) is 4.79 Å². The molecule has 0 radical (unpaired) electrons. The van der Waals surface area contributed by atoms with Crippen LogP contribution in [0.25, 0.3) is 0 Å². The first kappa shape index (κ1) is 27.5. The van der Waals surface area contributed by atoms with Gasteiger partial charge in [0.25, 0.3) is 0 Å². The van der Waals surface area contributed by atoms with Crippen molar-refractivity contribution < 1.29 is 28.5 Å². The van der Waals surface area contributed by atoms with E-state index in [1.807, 2.05) is 91.0 Å². The number of hydrogen-bond acceptors (Lipinski definition) is 7. The molecular formula is C31H33NO6. The maximum atomic E-state index is 12.0. The fourth-order valence-corrected chi connectivity index (χ4v) is 4.51. The minimum Gasteiger partial charge on any atom is -0.435 e. The zero-order chi connectivity index (χ0) is 26.6. The zero-order valence-corrected chi connectivity index (χ0v) is 21.5. The molecule has 4 unspecified atom stereocenters. The van der Waals surface area contributed by atoms with Crippen molar-refractivity contribution in [1.82, 2.24) is 0 Å². The lowest BCUT2D eigenvalue weighted by molar-refractivity contribution is -0.296. The third-order valence-electron chi connectivity index (χ3n) is 6.34. The summed E-state index contributed by atoms with van der Waals surface area (Å²) in [6.45, 7) is 2.54. The van der Waals surface area contributed by atoms with Crippen LogP contribution >= 0.6 is 0 Å². The molecule has 0 saturated carbocycles. The van der Waals surface area contributed by atoms with Gasteiger partial charge in [0.15, 0.2) is 0 Å². The lowest BCUT2D eigenvalue weighted by atomic mass is 9.88. The number of benzene rings is 3. The molecule has 0 spiro atoms. The number of nitriles is 1. The van der Waals surface area contributed by atoms with Crippen molar-refractivity contribution in [3.8, 4) is 6.07 Å². The maximum absolute atomic E-state index is 12.0. The van der Waals surface area contributed by atoms with E-state index in [0.29, 0.717) is 19.8 Å². The Kier molecular flexibility index (Phi) is 10.4. The van der Waals surface area contributed by atoms with E-state index in [0.717, 1.165) is 16.7 Å². The molecular weight excluding hydrogens is 482 g/mol. The average Bonchev–Trinajstić information content (AvgIpc) is 2.94. The monoisotopic (exact) mass is 515 g/mol. The van der Waals surface area contributed by atoms with Crippen LogP contribution < -0.4 is 0 Å². The third-order valence-corrected chi connectivity index (χ3v) is 6.34. The fraction of sp³-hybridized carbons (Fsp3) is 0.355. The van der Waals surface area contributed by atoms with Gasteiger partial charge in [0.05, 0.1) is 44.5 Å². The summed E-state index contributed by atoms with van der Waals surface area (Å²) < 4.78 is 30.7. The van der Waals surface area contributed by atoms with Gasteiger partial charge < -0.3 is 23.7 Å². The van der Waals surface area contributed by atoms with Crippen LogP contribution in [-0.4, -0.2) is 37.2 Å². The van der Waals surface area contributed by atoms with Crippen LogP contribution in [0.5, 0.6) is 0 Å². The molecule has 7 nitrogen and oxygen atoms in total. The Bertz CT molecular complexity index is 1150. The Balaban J connectivity index is 1.58. The Morgan fingerprint density at radius 2 is 1.29 bits per heavy atom. The van der Waals surface area contributed by atoms with Crippen molar-refractivity contribution in [2.45, 2.75) is 57.8 Å². The van der Waals surface area contributed by atoms with Gasteiger partial charge in [-0.2, -0.15) is 5.26 Å². The van der Waals surface area contributed by atoms with Gasteiger partial charge >= 0.3 is 5.97 Å². The molecule has 0 aromatic heterocycles. The first-order valence-corrected chi connectivity index (χ1v) is 12.8. The van der Waals surface area contributed by atoms with Gasteiger partial charge in [-0.15, -0.1) is 0 Å². The molecule has 0 aliphatic carbocycles. The molecule has 5 atom stereocenters. The summed E-state index contributed by atoms with van der Waals surface area (Å²) in [4.78, 5) is 12.0. The van der Waals surface area contributed by atoms with E-state index in [9.17, 15) is 10.1 Å². The summed E-state index contributed by atoms with van der Waals surface area (Å²) in [6.07, 6.45) is -2.64. The van der Waals surface area contributed by atoms with E-state index in [1.165, 1.54) is 6.92 Å². The molecule has 1 aliphatic heterocycles. The Hall–Kier alpha value is -3.54. The van der Waals surface area contributed by atoms with Crippen molar-refractivity contribution in [1.29, 1.82) is 5.26 Å². The van der Waals surface area contributed by atoms with Crippen molar-refractivity contribution in [2.75, 3.05) is 6.61 Å². The molecule has 3 aromatic rings. The smallest absolute Gasteiger partial charge is 0.304 e. The van der Waals surface area contributed by atoms with E-state index < -0.39 is 36.5 Å². The number of esters is 1. The van der Waals surface area contributed by atoms with Gasteiger partial charge in [0, 0.05) is 13.3 Å². The van der Waals surface area contributed by atoms with Crippen molar-refractivity contribution >= 4 is 5.97 Å². The second-order valence-electron chi connectivity index (χ2n) is 9.20. The SMILES string of the molecule is CC(=O)OC1OC(COCc2ccccc2)C(OCc2ccccc2)C(OCc2ccccc2)[C@H]1CC#N. The van der Waals surface area contributed by atoms with Crippen LogP contribution in [0.1, 0.15) is 30.0 Å². The van der Waals surface area contributed by atoms with Crippen molar-refractivity contribution in [2.24, 2.45) is 5.92 Å². The lowest BCUT2D eigenvalue weighted by Crippen LogP contribution is -2.58. The summed E-state index contributed by atoms with van der Waals surface area (Å²) in [5, 5.41) is 9.63. The van der Waals surface area contributed by atoms with E-state index in [4.69, 9.17) is 23.7 Å². The molecule has 1 heterocycles. The highest BCUT2D eigenvalue weighted by atomic mass is 16.7. The number of carbonyl (C=O) groups is 1. The Morgan fingerprint density at radius 3 is 1.79 bits per heavy atom. The standard InChI is InChI=1S/C31H33NO6/c1-23(33)37-31-27(17-18-32)29(35-20-25-13-7-3-8-14-25)30(36-21-26-15-9-4-10-16-26)28(38-31)22-34-19-24-11-5-2-6-12-24/h2-16,27-31H,17,19-22H2,1H3/t27-,28?,29?,30?,31?/m1/s1. The molecule has 1 saturated heterocycles. The van der Waals surface area contributed by atoms with Crippen LogP contribution in [0.2, 0.25) is 0 Å². The molecule has 3 aromatic carbocycles. The van der Waals surface area contributed by atoms with Gasteiger partial charge in [-0.25, -0.2) is 0 Å². The van der Waals surface area contributed by atoms with Gasteiger partial charge in [0.2, 0.25) is 6.29 Å². The highest BCUT2D eigenvalue weighted by Crippen LogP contribution is 2.35. The summed E-state index contributed by atoms with van der Waals surface area (Å²) in [5.41, 5.74) is 3.01. The minimum atomic E-state index is -0.963.